The number of halogens is 2. The van der Waals surface area contributed by atoms with E-state index < -0.39 is 0 Å². The van der Waals surface area contributed by atoms with E-state index in [9.17, 15) is 0 Å². The van der Waals surface area contributed by atoms with E-state index in [-0.39, 0.29) is 0 Å². The lowest BCUT2D eigenvalue weighted by Crippen LogP contribution is -2.02. The van der Waals surface area contributed by atoms with Gasteiger partial charge in [-0.25, -0.2) is 4.98 Å². The molecule has 1 N–H and O–H groups in total. The number of benzene rings is 1. The van der Waals surface area contributed by atoms with Gasteiger partial charge in [0.15, 0.2) is 5.82 Å². The second kappa shape index (κ2) is 5.34. The molecule has 2 aromatic rings. The molecule has 0 bridgehead atoms. The monoisotopic (exact) mass is 267 g/mol. The molecule has 0 unspecified atom stereocenters. The van der Waals surface area contributed by atoms with Crippen molar-refractivity contribution in [1.82, 2.24) is 9.97 Å². The van der Waals surface area contributed by atoms with E-state index in [0.29, 0.717) is 10.0 Å². The second-order valence-electron chi connectivity index (χ2n) is 3.41. The second-order valence-corrected chi connectivity index (χ2v) is 4.25. The van der Waals surface area contributed by atoms with Crippen LogP contribution in [0.3, 0.4) is 0 Å². The van der Waals surface area contributed by atoms with Gasteiger partial charge in [-0.3, -0.25) is 4.98 Å². The molecule has 5 heteroatoms. The van der Waals surface area contributed by atoms with Crippen molar-refractivity contribution < 1.29 is 0 Å². The fraction of sp³-hybridized carbons (Fsp3) is 0.167. The summed E-state index contributed by atoms with van der Waals surface area (Å²) in [5.41, 5.74) is 1.55. The minimum atomic E-state index is 0.567. The van der Waals surface area contributed by atoms with Crippen molar-refractivity contribution in [3.63, 3.8) is 0 Å². The predicted octanol–water partition coefficient (Wildman–Crippen LogP) is 3.88. The maximum Gasteiger partial charge on any atom is 0.152 e. The van der Waals surface area contributed by atoms with E-state index in [0.717, 1.165) is 23.6 Å². The highest BCUT2D eigenvalue weighted by Crippen LogP contribution is 2.32. The van der Waals surface area contributed by atoms with Crippen LogP contribution in [0.2, 0.25) is 10.0 Å². The summed E-state index contributed by atoms with van der Waals surface area (Å²) in [6, 6.07) is 5.32. The van der Waals surface area contributed by atoms with Gasteiger partial charge in [0, 0.05) is 29.5 Å². The highest BCUT2D eigenvalue weighted by molar-refractivity contribution is 6.36. The summed E-state index contributed by atoms with van der Waals surface area (Å²) in [5, 5.41) is 4.32. The van der Waals surface area contributed by atoms with Crippen molar-refractivity contribution in [2.24, 2.45) is 0 Å². The lowest BCUT2D eigenvalue weighted by atomic mass is 10.1. The van der Waals surface area contributed by atoms with Crippen LogP contribution in [0.25, 0.3) is 11.3 Å². The van der Waals surface area contributed by atoms with Crippen LogP contribution in [0.5, 0.6) is 0 Å². The minimum absolute atomic E-state index is 0.567. The third kappa shape index (κ3) is 2.68. The van der Waals surface area contributed by atoms with Crippen LogP contribution >= 0.6 is 23.2 Å². The third-order valence-electron chi connectivity index (χ3n) is 2.23. The molecular weight excluding hydrogens is 257 g/mol. The minimum Gasteiger partial charge on any atom is -0.369 e. The van der Waals surface area contributed by atoms with Gasteiger partial charge in [-0.05, 0) is 25.1 Å². The van der Waals surface area contributed by atoms with E-state index in [1.807, 2.05) is 13.0 Å². The molecule has 0 fully saturated rings. The first-order valence-electron chi connectivity index (χ1n) is 5.22. The van der Waals surface area contributed by atoms with Crippen molar-refractivity contribution in [3.8, 4) is 11.3 Å². The number of aromatic nitrogens is 2. The summed E-state index contributed by atoms with van der Waals surface area (Å²) >= 11 is 12.0. The number of rotatable bonds is 3. The van der Waals surface area contributed by atoms with Gasteiger partial charge in [-0.15, -0.1) is 0 Å². The molecule has 1 aromatic heterocycles. The molecule has 0 atom stereocenters. The van der Waals surface area contributed by atoms with Gasteiger partial charge in [0.1, 0.15) is 5.69 Å². The quantitative estimate of drug-likeness (QED) is 0.917. The molecule has 2 rings (SSSR count). The third-order valence-corrected chi connectivity index (χ3v) is 2.78. The molecule has 1 heterocycles. The van der Waals surface area contributed by atoms with Gasteiger partial charge >= 0.3 is 0 Å². The molecule has 17 heavy (non-hydrogen) atoms. The summed E-state index contributed by atoms with van der Waals surface area (Å²) < 4.78 is 0. The maximum absolute atomic E-state index is 6.16. The fourth-order valence-corrected chi connectivity index (χ4v) is 2.01. The lowest BCUT2D eigenvalue weighted by Gasteiger charge is -2.09. The normalized spacial score (nSPS) is 10.3. The zero-order chi connectivity index (χ0) is 12.3. The molecule has 0 spiro atoms. The molecule has 0 radical (unpaired) electrons. The molecular formula is C12H11Cl2N3. The van der Waals surface area contributed by atoms with Crippen LogP contribution in [0, 0.1) is 0 Å². The maximum atomic E-state index is 6.16. The predicted molar refractivity (Wildman–Crippen MR) is 71.7 cm³/mol. The summed E-state index contributed by atoms with van der Waals surface area (Å²) in [7, 11) is 0. The molecule has 0 amide bonds. The summed E-state index contributed by atoms with van der Waals surface area (Å²) in [5.74, 6) is 0.722. The van der Waals surface area contributed by atoms with Gasteiger partial charge in [-0.1, -0.05) is 23.2 Å². The van der Waals surface area contributed by atoms with Gasteiger partial charge in [0.05, 0.1) is 5.02 Å². The van der Waals surface area contributed by atoms with E-state index in [1.165, 1.54) is 0 Å². The molecule has 3 nitrogen and oxygen atoms in total. The highest BCUT2D eigenvalue weighted by Gasteiger charge is 2.10. The van der Waals surface area contributed by atoms with Crippen LogP contribution < -0.4 is 5.32 Å². The first kappa shape index (κ1) is 12.1. The molecule has 0 saturated heterocycles. The molecule has 0 saturated carbocycles. The van der Waals surface area contributed by atoms with Crippen LogP contribution in [-0.2, 0) is 0 Å². The van der Waals surface area contributed by atoms with E-state index >= 15 is 0 Å². The van der Waals surface area contributed by atoms with Gasteiger partial charge in [-0.2, -0.15) is 0 Å². The Morgan fingerprint density at radius 1 is 1.18 bits per heavy atom. The summed E-state index contributed by atoms with van der Waals surface area (Å²) in [6.45, 7) is 2.78. The van der Waals surface area contributed by atoms with Gasteiger partial charge in [0.2, 0.25) is 0 Å². The molecule has 1 aromatic carbocycles. The van der Waals surface area contributed by atoms with Crippen molar-refractivity contribution in [1.29, 1.82) is 0 Å². The topological polar surface area (TPSA) is 37.8 Å². The Balaban J connectivity index is 2.52. The Hall–Kier alpha value is -1.32. The Bertz CT molecular complexity index is 529. The lowest BCUT2D eigenvalue weighted by molar-refractivity contribution is 1.12. The van der Waals surface area contributed by atoms with Crippen molar-refractivity contribution in [2.75, 3.05) is 11.9 Å². The first-order chi connectivity index (χ1) is 8.22. The largest absolute Gasteiger partial charge is 0.369 e. The summed E-state index contributed by atoms with van der Waals surface area (Å²) in [6.07, 6.45) is 3.28. The smallest absolute Gasteiger partial charge is 0.152 e. The molecule has 0 aliphatic carbocycles. The number of nitrogens with one attached hydrogen (secondary N) is 1. The average Bonchev–Trinajstić information content (AvgIpc) is 2.31. The average molecular weight is 268 g/mol. The van der Waals surface area contributed by atoms with Gasteiger partial charge in [0.25, 0.3) is 0 Å². The Morgan fingerprint density at radius 3 is 2.65 bits per heavy atom. The SMILES string of the molecule is CCNc1nccnc1-c1ccc(Cl)cc1Cl. The van der Waals surface area contributed by atoms with Crippen LogP contribution in [-0.4, -0.2) is 16.5 Å². The molecule has 0 aliphatic heterocycles. The number of nitrogens with zero attached hydrogens (tertiary/aromatic N) is 2. The Kier molecular flexibility index (Phi) is 3.82. The number of anilines is 1. The molecule has 88 valence electrons. The molecule has 0 aliphatic rings. The fourth-order valence-electron chi connectivity index (χ4n) is 1.51. The van der Waals surface area contributed by atoms with E-state index in [4.69, 9.17) is 23.2 Å². The van der Waals surface area contributed by atoms with Crippen LogP contribution in [0.15, 0.2) is 30.6 Å². The Labute approximate surface area is 110 Å². The van der Waals surface area contributed by atoms with Crippen LogP contribution in [0.4, 0.5) is 5.82 Å². The van der Waals surface area contributed by atoms with Gasteiger partial charge < -0.3 is 5.32 Å². The summed E-state index contributed by atoms with van der Waals surface area (Å²) in [4.78, 5) is 8.55. The highest BCUT2D eigenvalue weighted by atomic mass is 35.5. The van der Waals surface area contributed by atoms with Crippen molar-refractivity contribution in [2.45, 2.75) is 6.92 Å². The first-order valence-corrected chi connectivity index (χ1v) is 5.98. The standard InChI is InChI=1S/C12H11Cl2N3/c1-2-15-12-11(16-5-6-17-12)9-4-3-8(13)7-10(9)14/h3-7H,2H2,1H3,(H,15,17). The van der Waals surface area contributed by atoms with E-state index in [1.54, 1.807) is 24.5 Å². The number of hydrogen-bond acceptors (Lipinski definition) is 3. The van der Waals surface area contributed by atoms with E-state index in [2.05, 4.69) is 15.3 Å². The van der Waals surface area contributed by atoms with Crippen molar-refractivity contribution in [3.05, 3.63) is 40.6 Å². The zero-order valence-electron chi connectivity index (χ0n) is 9.24. The Morgan fingerprint density at radius 2 is 1.94 bits per heavy atom. The number of hydrogen-bond donors (Lipinski definition) is 1. The van der Waals surface area contributed by atoms with Crippen molar-refractivity contribution >= 4 is 29.0 Å². The van der Waals surface area contributed by atoms with Crippen LogP contribution in [0.1, 0.15) is 6.92 Å². The zero-order valence-corrected chi connectivity index (χ0v) is 10.8.